The summed E-state index contributed by atoms with van der Waals surface area (Å²) in [6.07, 6.45) is 2.88. The summed E-state index contributed by atoms with van der Waals surface area (Å²) in [6.45, 7) is 6.15. The maximum Gasteiger partial charge on any atom is 0.320 e. The molecule has 4 aliphatic heterocycles. The SMILES string of the molecule is CC1CC2(CN(c3nc(OC[C@@]45CCCN4C[C@H](F)C5)nc(N4CCCn5nc(C(=O)N(C)C)c(Cl)c5C4)c3C#N)C2)c2c1sc(N)c2C#N. The third-order valence-electron chi connectivity index (χ3n) is 11.3. The van der Waals surface area contributed by atoms with Crippen LogP contribution >= 0.6 is 22.9 Å². The Balaban J connectivity index is 1.17. The first-order valence-electron chi connectivity index (χ1n) is 17.1. The fourth-order valence-electron chi connectivity index (χ4n) is 9.05. The lowest BCUT2D eigenvalue weighted by atomic mass is 9.73. The van der Waals surface area contributed by atoms with E-state index in [0.29, 0.717) is 79.0 Å². The number of ether oxygens (including phenoxy) is 1. The minimum atomic E-state index is -0.900. The van der Waals surface area contributed by atoms with Crippen molar-refractivity contribution in [1.82, 2.24) is 29.5 Å². The van der Waals surface area contributed by atoms with E-state index in [1.165, 1.54) is 21.1 Å². The van der Waals surface area contributed by atoms with Crippen molar-refractivity contribution < 1.29 is 13.9 Å². The number of aryl methyl sites for hydroxylation is 1. The molecule has 3 aromatic rings. The number of alkyl halides is 1. The summed E-state index contributed by atoms with van der Waals surface area (Å²) in [6, 6.07) is 4.87. The number of halogens is 2. The molecule has 13 nitrogen and oxygen atoms in total. The zero-order chi connectivity index (χ0) is 35.1. The van der Waals surface area contributed by atoms with Gasteiger partial charge in [0.2, 0.25) is 0 Å². The zero-order valence-corrected chi connectivity index (χ0v) is 29.9. The summed E-state index contributed by atoms with van der Waals surface area (Å²) < 4.78 is 22.8. The monoisotopic (exact) mass is 719 g/mol. The molecule has 262 valence electrons. The summed E-state index contributed by atoms with van der Waals surface area (Å²) in [5.74, 6) is 0.856. The van der Waals surface area contributed by atoms with Crippen molar-refractivity contribution >= 4 is 45.5 Å². The zero-order valence-electron chi connectivity index (χ0n) is 28.4. The second-order valence-corrected chi connectivity index (χ2v) is 16.2. The largest absolute Gasteiger partial charge is 0.461 e. The number of nitriles is 2. The molecule has 16 heteroatoms. The van der Waals surface area contributed by atoms with E-state index in [0.717, 1.165) is 31.4 Å². The number of carbonyl (C=O) groups is 1. The Morgan fingerprint density at radius 1 is 1.12 bits per heavy atom. The van der Waals surface area contributed by atoms with E-state index >= 15 is 0 Å². The smallest absolute Gasteiger partial charge is 0.320 e. The molecule has 7 heterocycles. The van der Waals surface area contributed by atoms with E-state index in [1.807, 2.05) is 4.90 Å². The molecule has 3 saturated heterocycles. The van der Waals surface area contributed by atoms with Crippen molar-refractivity contribution in [3.05, 3.63) is 38.0 Å². The number of nitrogen functional groups attached to an aromatic ring is 1. The highest BCUT2D eigenvalue weighted by Crippen LogP contribution is 2.57. The Bertz CT molecular complexity index is 1980. The van der Waals surface area contributed by atoms with Gasteiger partial charge in [0.25, 0.3) is 5.91 Å². The predicted octanol–water partition coefficient (Wildman–Crippen LogP) is 4.05. The number of hydrogen-bond acceptors (Lipinski definition) is 12. The second kappa shape index (κ2) is 12.0. The number of amides is 1. The van der Waals surface area contributed by atoms with Crippen molar-refractivity contribution in [2.24, 2.45) is 0 Å². The van der Waals surface area contributed by atoms with Crippen LogP contribution in [0.1, 0.15) is 82.7 Å². The van der Waals surface area contributed by atoms with Crippen molar-refractivity contribution in [1.29, 1.82) is 10.5 Å². The van der Waals surface area contributed by atoms with Crippen LogP contribution in [0.3, 0.4) is 0 Å². The van der Waals surface area contributed by atoms with Crippen molar-refractivity contribution in [3.63, 3.8) is 0 Å². The first kappa shape index (κ1) is 33.0. The molecule has 3 aromatic heterocycles. The molecule has 2 N–H and O–H groups in total. The predicted molar refractivity (Wildman–Crippen MR) is 187 cm³/mol. The molecular formula is C34H39ClFN11O2S. The molecule has 0 radical (unpaired) electrons. The molecule has 50 heavy (non-hydrogen) atoms. The van der Waals surface area contributed by atoms with Gasteiger partial charge < -0.3 is 25.2 Å². The Morgan fingerprint density at radius 3 is 2.58 bits per heavy atom. The van der Waals surface area contributed by atoms with Crippen molar-refractivity contribution in [3.8, 4) is 18.1 Å². The van der Waals surface area contributed by atoms with Crippen LogP contribution in [0.4, 0.5) is 21.0 Å². The summed E-state index contributed by atoms with van der Waals surface area (Å²) in [7, 11) is 3.31. The number of fused-ring (bicyclic) bond motifs is 4. The van der Waals surface area contributed by atoms with Gasteiger partial charge in [0.05, 0.1) is 28.4 Å². The lowest BCUT2D eigenvalue weighted by Crippen LogP contribution is -2.59. The van der Waals surface area contributed by atoms with Gasteiger partial charge in [0, 0.05) is 63.5 Å². The van der Waals surface area contributed by atoms with Gasteiger partial charge >= 0.3 is 6.01 Å². The quantitative estimate of drug-likeness (QED) is 0.392. The molecule has 3 atom stereocenters. The Morgan fingerprint density at radius 2 is 1.86 bits per heavy atom. The van der Waals surface area contributed by atoms with Gasteiger partial charge in [-0.05, 0) is 43.7 Å². The van der Waals surface area contributed by atoms with Gasteiger partial charge in [0.15, 0.2) is 17.3 Å². The van der Waals surface area contributed by atoms with Gasteiger partial charge in [-0.25, -0.2) is 4.39 Å². The lowest BCUT2D eigenvalue weighted by Gasteiger charge is -2.50. The molecule has 3 fully saturated rings. The van der Waals surface area contributed by atoms with Crippen LogP contribution in [0.25, 0.3) is 0 Å². The standard InChI is InChI=1S/C34H39ClFN11O2S/c1-19-10-33(24-21(12-37)28(39)50-27(19)24)16-45(17-33)30-22(13-38)29(40-32(41-30)49-18-34-6-4-8-46(34)14-20(36)11-34)44-7-5-9-47-23(15-44)25(35)26(42-47)31(48)43(2)3/h19-20H,4-11,14-18,39H2,1-3H3/t19?,20-,34+/m1/s1. The molecule has 1 aliphatic carbocycles. The topological polar surface area (TPSA) is 156 Å². The normalized spacial score (nSPS) is 25.0. The van der Waals surface area contributed by atoms with Crippen LogP contribution in [0.2, 0.25) is 5.02 Å². The Labute approximate surface area is 299 Å². The van der Waals surface area contributed by atoms with Crippen LogP contribution in [-0.2, 0) is 18.5 Å². The van der Waals surface area contributed by atoms with Crippen LogP contribution in [-0.4, -0.2) is 101 Å². The molecular weight excluding hydrogens is 681 g/mol. The van der Waals surface area contributed by atoms with Crippen LogP contribution in [0, 0.1) is 22.7 Å². The summed E-state index contributed by atoms with van der Waals surface area (Å²) in [4.78, 5) is 31.5. The molecule has 0 aromatic carbocycles. The second-order valence-electron chi connectivity index (χ2n) is 14.7. The number of nitrogens with zero attached hydrogens (tertiary/aromatic N) is 10. The molecule has 1 spiro atoms. The van der Waals surface area contributed by atoms with Crippen LogP contribution in [0.5, 0.6) is 6.01 Å². The van der Waals surface area contributed by atoms with Crippen LogP contribution in [0.15, 0.2) is 0 Å². The number of aromatic nitrogens is 4. The van der Waals surface area contributed by atoms with E-state index in [-0.39, 0.29) is 47.1 Å². The summed E-state index contributed by atoms with van der Waals surface area (Å²) in [5.41, 5.74) is 8.38. The van der Waals surface area contributed by atoms with Crippen molar-refractivity contribution in [2.75, 3.05) is 69.0 Å². The van der Waals surface area contributed by atoms with Crippen LogP contribution < -0.4 is 20.3 Å². The molecule has 0 saturated carbocycles. The van der Waals surface area contributed by atoms with Gasteiger partial charge in [-0.3, -0.25) is 14.4 Å². The Hall–Kier alpha value is -4.18. The molecule has 1 unspecified atom stereocenters. The van der Waals surface area contributed by atoms with E-state index in [4.69, 9.17) is 32.0 Å². The van der Waals surface area contributed by atoms with Gasteiger partial charge in [-0.1, -0.05) is 18.5 Å². The number of carbonyl (C=O) groups excluding carboxylic acids is 1. The van der Waals surface area contributed by atoms with Crippen molar-refractivity contribution in [2.45, 2.75) is 75.2 Å². The molecule has 5 aliphatic rings. The maximum absolute atomic E-state index is 14.6. The van der Waals surface area contributed by atoms with Gasteiger partial charge in [0.1, 0.15) is 35.5 Å². The summed E-state index contributed by atoms with van der Waals surface area (Å²) in [5, 5.41) is 26.1. The number of rotatable bonds is 6. The maximum atomic E-state index is 14.6. The average molecular weight is 720 g/mol. The number of hydrogen-bond donors (Lipinski definition) is 1. The van der Waals surface area contributed by atoms with E-state index in [1.54, 1.807) is 18.8 Å². The lowest BCUT2D eigenvalue weighted by molar-refractivity contribution is 0.0821. The third kappa shape index (κ3) is 5.00. The van der Waals surface area contributed by atoms with E-state index in [2.05, 4.69) is 34.0 Å². The number of thiophene rings is 1. The molecule has 0 bridgehead atoms. The molecule has 8 rings (SSSR count). The highest BCUT2D eigenvalue weighted by atomic mass is 35.5. The minimum Gasteiger partial charge on any atom is -0.461 e. The highest BCUT2D eigenvalue weighted by Gasteiger charge is 2.55. The fraction of sp³-hybridized carbons (Fsp3) is 0.588. The van der Waals surface area contributed by atoms with Gasteiger partial charge in [-0.15, -0.1) is 11.3 Å². The van der Waals surface area contributed by atoms with Gasteiger partial charge in [-0.2, -0.15) is 25.6 Å². The average Bonchev–Trinajstić information content (AvgIpc) is 3.81. The molecule has 1 amide bonds. The van der Waals surface area contributed by atoms with E-state index < -0.39 is 11.7 Å². The first-order chi connectivity index (χ1) is 24.0. The minimum absolute atomic E-state index is 0.128. The first-order valence-corrected chi connectivity index (χ1v) is 18.3. The summed E-state index contributed by atoms with van der Waals surface area (Å²) >= 11 is 8.31. The Kier molecular flexibility index (Phi) is 7.89. The number of anilines is 3. The highest BCUT2D eigenvalue weighted by molar-refractivity contribution is 7.16. The third-order valence-corrected chi connectivity index (χ3v) is 12.9. The fourth-order valence-corrected chi connectivity index (χ4v) is 10.5. The number of nitrogens with two attached hydrogens (primary N) is 1. The van der Waals surface area contributed by atoms with E-state index in [9.17, 15) is 19.7 Å².